The van der Waals surface area contributed by atoms with Crippen LogP contribution in [0.3, 0.4) is 0 Å². The number of amides is 1. The molecule has 1 amide bonds. The van der Waals surface area contributed by atoms with Gasteiger partial charge in [-0.15, -0.1) is 0 Å². The molecule has 3 rings (SSSR count). The first-order chi connectivity index (χ1) is 11.1. The summed E-state index contributed by atoms with van der Waals surface area (Å²) < 4.78 is 5.02. The molecule has 23 heavy (non-hydrogen) atoms. The fourth-order valence-electron chi connectivity index (χ4n) is 3.25. The van der Waals surface area contributed by atoms with E-state index < -0.39 is 0 Å². The number of hydrogen-bond acceptors (Lipinski definition) is 4. The van der Waals surface area contributed by atoms with E-state index >= 15 is 0 Å². The lowest BCUT2D eigenvalue weighted by Crippen LogP contribution is -2.26. The number of hydrogen-bond donors (Lipinski definition) is 0. The number of carbonyl (C=O) groups excluding carboxylic acids is 2. The Hall–Kier alpha value is -1.75. The zero-order chi connectivity index (χ0) is 16.4. The molecule has 2 aliphatic rings. The second-order valence-electron chi connectivity index (χ2n) is 5.99. The molecular weight excluding hydrogens is 316 g/mol. The van der Waals surface area contributed by atoms with Gasteiger partial charge in [-0.05, 0) is 38.0 Å². The van der Waals surface area contributed by atoms with Crippen molar-refractivity contribution in [2.75, 3.05) is 36.0 Å². The van der Waals surface area contributed by atoms with E-state index in [1.807, 2.05) is 18.2 Å². The normalized spacial score (nSPS) is 21.1. The van der Waals surface area contributed by atoms with E-state index in [4.69, 9.17) is 16.3 Å². The molecular formula is C17H21ClN2O3. The van der Waals surface area contributed by atoms with Crippen LogP contribution in [0, 0.1) is 5.92 Å². The standard InChI is InChI=1S/C17H21ClN2O3/c1-2-23-17(22)12-9-16(21)20(11-12)13-5-6-15(14(18)10-13)19-7-3-4-8-19/h5-6,10,12H,2-4,7-9,11H2,1H3/t12-/m0/s1. The monoisotopic (exact) mass is 336 g/mol. The van der Waals surface area contributed by atoms with Crippen molar-refractivity contribution in [1.82, 2.24) is 0 Å². The smallest absolute Gasteiger partial charge is 0.311 e. The summed E-state index contributed by atoms with van der Waals surface area (Å²) in [5.74, 6) is -0.754. The van der Waals surface area contributed by atoms with Gasteiger partial charge in [0.15, 0.2) is 0 Å². The van der Waals surface area contributed by atoms with Crippen LogP contribution in [0.25, 0.3) is 0 Å². The first-order valence-electron chi connectivity index (χ1n) is 8.11. The first-order valence-corrected chi connectivity index (χ1v) is 8.49. The largest absolute Gasteiger partial charge is 0.466 e. The van der Waals surface area contributed by atoms with Crippen molar-refractivity contribution >= 4 is 34.9 Å². The third-order valence-corrected chi connectivity index (χ3v) is 4.74. The Morgan fingerprint density at radius 1 is 1.35 bits per heavy atom. The van der Waals surface area contributed by atoms with Crippen LogP contribution in [-0.4, -0.2) is 38.1 Å². The molecule has 0 aromatic heterocycles. The summed E-state index contributed by atoms with van der Waals surface area (Å²) >= 11 is 6.41. The van der Waals surface area contributed by atoms with E-state index in [9.17, 15) is 9.59 Å². The minimum Gasteiger partial charge on any atom is -0.466 e. The van der Waals surface area contributed by atoms with Crippen molar-refractivity contribution in [3.63, 3.8) is 0 Å². The highest BCUT2D eigenvalue weighted by Gasteiger charge is 2.36. The summed E-state index contributed by atoms with van der Waals surface area (Å²) in [5.41, 5.74) is 1.76. The molecule has 2 fully saturated rings. The van der Waals surface area contributed by atoms with Crippen LogP contribution in [0.2, 0.25) is 5.02 Å². The highest BCUT2D eigenvalue weighted by molar-refractivity contribution is 6.33. The number of halogens is 1. The molecule has 0 radical (unpaired) electrons. The van der Waals surface area contributed by atoms with Crippen molar-refractivity contribution in [3.05, 3.63) is 23.2 Å². The highest BCUT2D eigenvalue weighted by Crippen LogP contribution is 2.34. The first kappa shape index (κ1) is 16.1. The number of anilines is 2. The van der Waals surface area contributed by atoms with Crippen molar-refractivity contribution in [2.45, 2.75) is 26.2 Å². The molecule has 6 heteroatoms. The van der Waals surface area contributed by atoms with E-state index in [1.165, 1.54) is 12.8 Å². The summed E-state index contributed by atoms with van der Waals surface area (Å²) in [6, 6.07) is 5.69. The predicted octanol–water partition coefficient (Wildman–Crippen LogP) is 2.86. The second kappa shape index (κ2) is 6.79. The lowest BCUT2D eigenvalue weighted by atomic mass is 10.1. The average Bonchev–Trinajstić information content (AvgIpc) is 3.17. The second-order valence-corrected chi connectivity index (χ2v) is 6.39. The number of rotatable bonds is 4. The van der Waals surface area contributed by atoms with Gasteiger partial charge in [-0.3, -0.25) is 9.59 Å². The fraction of sp³-hybridized carbons (Fsp3) is 0.529. The van der Waals surface area contributed by atoms with Gasteiger partial charge < -0.3 is 14.5 Å². The lowest BCUT2D eigenvalue weighted by molar-refractivity contribution is -0.147. The van der Waals surface area contributed by atoms with Gasteiger partial charge in [0.2, 0.25) is 5.91 Å². The summed E-state index contributed by atoms with van der Waals surface area (Å²) in [4.78, 5) is 27.9. The third-order valence-electron chi connectivity index (χ3n) is 4.43. The van der Waals surface area contributed by atoms with E-state index in [2.05, 4.69) is 4.90 Å². The van der Waals surface area contributed by atoms with Gasteiger partial charge in [0.25, 0.3) is 0 Å². The summed E-state index contributed by atoms with van der Waals surface area (Å²) in [6.07, 6.45) is 2.57. The minimum absolute atomic E-state index is 0.0620. The van der Waals surface area contributed by atoms with Crippen LogP contribution in [0.15, 0.2) is 18.2 Å². The maximum atomic E-state index is 12.2. The van der Waals surface area contributed by atoms with Gasteiger partial charge in [-0.2, -0.15) is 0 Å². The number of benzene rings is 1. The summed E-state index contributed by atoms with van der Waals surface area (Å²) in [5, 5.41) is 0.650. The van der Waals surface area contributed by atoms with Crippen molar-refractivity contribution < 1.29 is 14.3 Å². The Bertz CT molecular complexity index is 614. The van der Waals surface area contributed by atoms with Crippen LogP contribution in [0.1, 0.15) is 26.2 Å². The molecule has 1 aromatic carbocycles. The van der Waals surface area contributed by atoms with Crippen molar-refractivity contribution in [1.29, 1.82) is 0 Å². The highest BCUT2D eigenvalue weighted by atomic mass is 35.5. The molecule has 2 saturated heterocycles. The van der Waals surface area contributed by atoms with Crippen LogP contribution < -0.4 is 9.80 Å². The van der Waals surface area contributed by atoms with Gasteiger partial charge in [0, 0.05) is 31.7 Å². The molecule has 1 aromatic rings. The average molecular weight is 337 g/mol. The molecule has 0 bridgehead atoms. The van der Waals surface area contributed by atoms with Crippen molar-refractivity contribution in [3.8, 4) is 0 Å². The van der Waals surface area contributed by atoms with E-state index in [0.717, 1.165) is 24.5 Å². The Labute approximate surface area is 141 Å². The molecule has 0 aliphatic carbocycles. The topological polar surface area (TPSA) is 49.9 Å². The fourth-order valence-corrected chi connectivity index (χ4v) is 3.55. The lowest BCUT2D eigenvalue weighted by Gasteiger charge is -2.22. The molecule has 2 heterocycles. The molecule has 0 spiro atoms. The number of ether oxygens (including phenoxy) is 1. The Morgan fingerprint density at radius 3 is 2.74 bits per heavy atom. The Morgan fingerprint density at radius 2 is 2.09 bits per heavy atom. The molecule has 124 valence electrons. The van der Waals surface area contributed by atoms with Crippen LogP contribution in [-0.2, 0) is 14.3 Å². The number of nitrogens with zero attached hydrogens (tertiary/aromatic N) is 2. The number of esters is 1. The molecule has 1 atom stereocenters. The summed E-state index contributed by atoms with van der Waals surface area (Å²) in [7, 11) is 0. The van der Waals surface area contributed by atoms with Gasteiger partial charge in [0.05, 0.1) is 23.2 Å². The van der Waals surface area contributed by atoms with Gasteiger partial charge in [0.1, 0.15) is 0 Å². The van der Waals surface area contributed by atoms with Crippen LogP contribution >= 0.6 is 11.6 Å². The maximum Gasteiger partial charge on any atom is 0.311 e. The van der Waals surface area contributed by atoms with Gasteiger partial charge in [-0.1, -0.05) is 11.6 Å². The van der Waals surface area contributed by atoms with E-state index in [0.29, 0.717) is 18.2 Å². The van der Waals surface area contributed by atoms with Crippen LogP contribution in [0.5, 0.6) is 0 Å². The van der Waals surface area contributed by atoms with Gasteiger partial charge in [-0.25, -0.2) is 0 Å². The zero-order valence-electron chi connectivity index (χ0n) is 13.3. The molecule has 5 nitrogen and oxygen atoms in total. The van der Waals surface area contributed by atoms with Gasteiger partial charge >= 0.3 is 5.97 Å². The maximum absolute atomic E-state index is 12.2. The Kier molecular flexibility index (Phi) is 4.76. The Balaban J connectivity index is 1.75. The zero-order valence-corrected chi connectivity index (χ0v) is 14.0. The summed E-state index contributed by atoms with van der Waals surface area (Å²) in [6.45, 7) is 4.50. The minimum atomic E-state index is -0.389. The van der Waals surface area contributed by atoms with E-state index in [1.54, 1.807) is 11.8 Å². The molecule has 2 aliphatic heterocycles. The van der Waals surface area contributed by atoms with E-state index in [-0.39, 0.29) is 24.2 Å². The van der Waals surface area contributed by atoms with Crippen molar-refractivity contribution in [2.24, 2.45) is 5.92 Å². The molecule has 0 N–H and O–H groups in total. The molecule has 0 saturated carbocycles. The SMILES string of the molecule is CCOC(=O)[C@H]1CC(=O)N(c2ccc(N3CCCC3)c(Cl)c2)C1. The predicted molar refractivity (Wildman–Crippen MR) is 90.0 cm³/mol. The number of carbonyl (C=O) groups is 2. The quantitative estimate of drug-likeness (QED) is 0.793. The molecule has 0 unspecified atom stereocenters. The van der Waals surface area contributed by atoms with Crippen LogP contribution in [0.4, 0.5) is 11.4 Å². The third kappa shape index (κ3) is 3.29.